The first kappa shape index (κ1) is 22.1. The highest BCUT2D eigenvalue weighted by molar-refractivity contribution is 6.27. The summed E-state index contributed by atoms with van der Waals surface area (Å²) < 4.78 is 5.42. The van der Waals surface area contributed by atoms with Gasteiger partial charge in [0.15, 0.2) is 0 Å². The molecule has 0 saturated carbocycles. The molecule has 0 spiro atoms. The van der Waals surface area contributed by atoms with Crippen molar-refractivity contribution in [3.8, 4) is 6.07 Å². The summed E-state index contributed by atoms with van der Waals surface area (Å²) >= 11 is 0. The van der Waals surface area contributed by atoms with Gasteiger partial charge in [-0.25, -0.2) is 9.59 Å². The second-order valence-corrected chi connectivity index (χ2v) is 6.56. The van der Waals surface area contributed by atoms with Crippen LogP contribution < -0.4 is 0 Å². The van der Waals surface area contributed by atoms with E-state index in [2.05, 4.69) is 35.2 Å². The van der Waals surface area contributed by atoms with E-state index >= 15 is 0 Å². The fraction of sp³-hybridized carbons (Fsp3) is 0.318. The van der Waals surface area contributed by atoms with Crippen molar-refractivity contribution in [2.24, 2.45) is 0 Å². The minimum Gasteiger partial charge on any atom is -0.473 e. The summed E-state index contributed by atoms with van der Waals surface area (Å²) in [5, 5.41) is 24.9. The Morgan fingerprint density at radius 2 is 1.38 bits per heavy atom. The number of nitrogens with zero attached hydrogens (tertiary/aromatic N) is 2. The number of rotatable bonds is 5. The second kappa shape index (κ2) is 11.0. The number of hydrogen-bond acceptors (Lipinski definition) is 5. The van der Waals surface area contributed by atoms with Crippen molar-refractivity contribution in [3.05, 3.63) is 71.8 Å². The Hall–Kier alpha value is -3.21. The van der Waals surface area contributed by atoms with Crippen LogP contribution in [0.25, 0.3) is 0 Å². The maximum absolute atomic E-state index is 10.1. The lowest BCUT2D eigenvalue weighted by atomic mass is 9.73. The number of hydrogen-bond donors (Lipinski definition) is 2. The topological polar surface area (TPSA) is 111 Å². The van der Waals surface area contributed by atoms with Crippen LogP contribution >= 0.6 is 0 Å². The highest BCUT2D eigenvalue weighted by Gasteiger charge is 2.34. The van der Waals surface area contributed by atoms with Crippen LogP contribution in [0, 0.1) is 11.3 Å². The highest BCUT2D eigenvalue weighted by atomic mass is 16.5. The average molecular weight is 396 g/mol. The number of carbonyl (C=O) groups is 2. The van der Waals surface area contributed by atoms with Gasteiger partial charge in [-0.3, -0.25) is 4.90 Å². The lowest BCUT2D eigenvalue weighted by molar-refractivity contribution is -0.159. The molecule has 2 aromatic carbocycles. The van der Waals surface area contributed by atoms with E-state index in [0.717, 1.165) is 50.4 Å². The fourth-order valence-corrected chi connectivity index (χ4v) is 3.24. The number of carboxylic acid groups (broad SMARTS) is 2. The SMILES string of the molecule is N#CC(CCN1CCOCC1)(c1ccccc1)c1ccccc1.O=C(O)C(=O)O. The van der Waals surface area contributed by atoms with Crippen molar-refractivity contribution in [2.45, 2.75) is 11.8 Å². The van der Waals surface area contributed by atoms with Crippen molar-refractivity contribution in [1.82, 2.24) is 4.90 Å². The Labute approximate surface area is 169 Å². The van der Waals surface area contributed by atoms with Gasteiger partial charge >= 0.3 is 11.9 Å². The molecule has 1 heterocycles. The third-order valence-electron chi connectivity index (χ3n) is 4.81. The van der Waals surface area contributed by atoms with Gasteiger partial charge in [-0.2, -0.15) is 5.26 Å². The van der Waals surface area contributed by atoms with Crippen LogP contribution in [-0.4, -0.2) is 59.9 Å². The number of ether oxygens (including phenoxy) is 1. The standard InChI is InChI=1S/C20H22N2O.C2H2O4/c21-17-20(18-7-3-1-4-8-18,19-9-5-2-6-10-19)11-12-22-13-15-23-16-14-22;3-1(4)2(5)6/h1-10H,11-16H2;(H,3,4)(H,5,6). The van der Waals surface area contributed by atoms with Crippen LogP contribution in [0.3, 0.4) is 0 Å². The van der Waals surface area contributed by atoms with E-state index in [1.807, 2.05) is 36.4 Å². The van der Waals surface area contributed by atoms with Gasteiger partial charge in [0.2, 0.25) is 0 Å². The van der Waals surface area contributed by atoms with Gasteiger partial charge in [0.1, 0.15) is 5.41 Å². The first-order valence-corrected chi connectivity index (χ1v) is 9.28. The zero-order valence-electron chi connectivity index (χ0n) is 16.0. The van der Waals surface area contributed by atoms with Gasteiger partial charge in [0.05, 0.1) is 19.3 Å². The molecule has 1 fully saturated rings. The lowest BCUT2D eigenvalue weighted by Crippen LogP contribution is -2.40. The Kier molecular flexibility index (Phi) is 8.34. The highest BCUT2D eigenvalue weighted by Crippen LogP contribution is 2.35. The largest absolute Gasteiger partial charge is 0.473 e. The number of nitriles is 1. The van der Waals surface area contributed by atoms with E-state index in [1.165, 1.54) is 0 Å². The van der Waals surface area contributed by atoms with Crippen LogP contribution in [0.15, 0.2) is 60.7 Å². The summed E-state index contributed by atoms with van der Waals surface area (Å²) in [6.45, 7) is 4.38. The summed E-state index contributed by atoms with van der Waals surface area (Å²) in [6, 6.07) is 22.9. The second-order valence-electron chi connectivity index (χ2n) is 6.56. The molecule has 0 bridgehead atoms. The molecule has 3 rings (SSSR count). The zero-order chi connectivity index (χ0) is 21.1. The van der Waals surface area contributed by atoms with Crippen molar-refractivity contribution in [3.63, 3.8) is 0 Å². The summed E-state index contributed by atoms with van der Waals surface area (Å²) in [5.41, 5.74) is 1.55. The van der Waals surface area contributed by atoms with Crippen molar-refractivity contribution in [1.29, 1.82) is 5.26 Å². The van der Waals surface area contributed by atoms with Crippen LogP contribution in [-0.2, 0) is 19.7 Å². The average Bonchev–Trinajstić information content (AvgIpc) is 2.77. The Morgan fingerprint density at radius 3 is 1.76 bits per heavy atom. The minimum atomic E-state index is -1.82. The van der Waals surface area contributed by atoms with Crippen molar-refractivity contribution < 1.29 is 24.5 Å². The Morgan fingerprint density at radius 1 is 0.931 bits per heavy atom. The predicted octanol–water partition coefficient (Wildman–Crippen LogP) is 2.37. The number of morpholine rings is 1. The summed E-state index contributed by atoms with van der Waals surface area (Å²) in [5.74, 6) is -3.65. The van der Waals surface area contributed by atoms with Crippen molar-refractivity contribution >= 4 is 11.9 Å². The number of benzene rings is 2. The molecule has 0 amide bonds. The zero-order valence-corrected chi connectivity index (χ0v) is 16.0. The van der Waals surface area contributed by atoms with E-state index in [0.29, 0.717) is 0 Å². The molecular formula is C22H24N2O5. The predicted molar refractivity (Wildman–Crippen MR) is 106 cm³/mol. The first-order valence-electron chi connectivity index (χ1n) is 9.28. The van der Waals surface area contributed by atoms with Crippen LogP contribution in [0.2, 0.25) is 0 Å². The van der Waals surface area contributed by atoms with Gasteiger partial charge in [0, 0.05) is 19.6 Å². The third-order valence-corrected chi connectivity index (χ3v) is 4.81. The summed E-state index contributed by atoms with van der Waals surface area (Å²) in [7, 11) is 0. The van der Waals surface area contributed by atoms with E-state index < -0.39 is 17.4 Å². The molecule has 29 heavy (non-hydrogen) atoms. The molecule has 7 nitrogen and oxygen atoms in total. The third kappa shape index (κ3) is 6.14. The quantitative estimate of drug-likeness (QED) is 0.747. The number of aliphatic carboxylic acids is 2. The van der Waals surface area contributed by atoms with E-state index in [1.54, 1.807) is 0 Å². The molecule has 7 heteroatoms. The van der Waals surface area contributed by atoms with Gasteiger partial charge in [-0.05, 0) is 17.5 Å². The lowest BCUT2D eigenvalue weighted by Gasteiger charge is -2.32. The molecule has 0 aromatic heterocycles. The fourth-order valence-electron chi connectivity index (χ4n) is 3.24. The minimum absolute atomic E-state index is 0.596. The normalized spacial score (nSPS) is 14.2. The maximum atomic E-state index is 10.1. The van der Waals surface area contributed by atoms with Gasteiger partial charge in [-0.15, -0.1) is 0 Å². The molecule has 0 radical (unpaired) electrons. The molecule has 1 aliphatic heterocycles. The first-order chi connectivity index (χ1) is 14.0. The smallest absolute Gasteiger partial charge is 0.414 e. The van der Waals surface area contributed by atoms with Crippen LogP contribution in [0.4, 0.5) is 0 Å². The molecule has 0 aliphatic carbocycles. The van der Waals surface area contributed by atoms with Gasteiger partial charge in [-0.1, -0.05) is 60.7 Å². The molecule has 0 atom stereocenters. The molecule has 152 valence electrons. The van der Waals surface area contributed by atoms with E-state index in [9.17, 15) is 5.26 Å². The molecule has 0 unspecified atom stereocenters. The van der Waals surface area contributed by atoms with Gasteiger partial charge in [0.25, 0.3) is 0 Å². The van der Waals surface area contributed by atoms with Crippen molar-refractivity contribution in [2.75, 3.05) is 32.8 Å². The van der Waals surface area contributed by atoms with Gasteiger partial charge < -0.3 is 14.9 Å². The molecule has 2 N–H and O–H groups in total. The van der Waals surface area contributed by atoms with Crippen LogP contribution in [0.5, 0.6) is 0 Å². The molecular weight excluding hydrogens is 372 g/mol. The maximum Gasteiger partial charge on any atom is 0.414 e. The van der Waals surface area contributed by atoms with Crippen LogP contribution in [0.1, 0.15) is 17.5 Å². The monoisotopic (exact) mass is 396 g/mol. The Bertz CT molecular complexity index is 776. The molecule has 1 saturated heterocycles. The number of carboxylic acids is 2. The summed E-state index contributed by atoms with van der Waals surface area (Å²) in [6.07, 6.45) is 0.789. The Balaban J connectivity index is 0.000000438. The molecule has 1 aliphatic rings. The van der Waals surface area contributed by atoms with E-state index in [4.69, 9.17) is 24.5 Å². The summed E-state index contributed by atoms with van der Waals surface area (Å²) in [4.78, 5) is 20.6. The van der Waals surface area contributed by atoms with E-state index in [-0.39, 0.29) is 0 Å². The molecule has 2 aromatic rings.